The van der Waals surface area contributed by atoms with Gasteiger partial charge in [-0.2, -0.15) is 0 Å². The largest absolute Gasteiger partial charge is 0.357 e. The summed E-state index contributed by atoms with van der Waals surface area (Å²) in [6, 6.07) is 10.9. The van der Waals surface area contributed by atoms with Crippen molar-refractivity contribution in [2.24, 2.45) is 5.92 Å². The van der Waals surface area contributed by atoms with Gasteiger partial charge in [0.05, 0.1) is 12.8 Å². The molecule has 0 aromatic heterocycles. The Labute approximate surface area is 85.3 Å². The molecule has 1 N–H and O–H groups in total. The van der Waals surface area contributed by atoms with Crippen LogP contribution in [0.25, 0.3) is 0 Å². The van der Waals surface area contributed by atoms with Crippen molar-refractivity contribution in [3.63, 3.8) is 0 Å². The smallest absolute Gasteiger partial charge is 0.0998 e. The zero-order chi connectivity index (χ0) is 9.97. The van der Waals surface area contributed by atoms with Crippen LogP contribution in [0, 0.1) is 5.92 Å². The highest BCUT2D eigenvalue weighted by Gasteiger charge is 2.30. The van der Waals surface area contributed by atoms with Crippen LogP contribution in [-0.4, -0.2) is 12.8 Å². The lowest BCUT2D eigenvalue weighted by Gasteiger charge is -2.21. The highest BCUT2D eigenvalue weighted by molar-refractivity contribution is 5.20. The molecule has 0 aliphatic carbocycles. The molecule has 1 aromatic carbocycles. The molecule has 1 aliphatic rings. The third kappa shape index (κ3) is 1.81. The summed E-state index contributed by atoms with van der Waals surface area (Å²) in [6.45, 7) is 5.12. The van der Waals surface area contributed by atoms with E-state index in [4.69, 9.17) is 4.74 Å². The quantitative estimate of drug-likeness (QED) is 0.774. The lowest BCUT2D eigenvalue weighted by Crippen LogP contribution is -2.31. The van der Waals surface area contributed by atoms with E-state index >= 15 is 0 Å². The Bertz CT molecular complexity index is 284. The fourth-order valence-electron chi connectivity index (χ4n) is 1.98. The van der Waals surface area contributed by atoms with Gasteiger partial charge in [-0.3, -0.25) is 5.32 Å². The zero-order valence-corrected chi connectivity index (χ0v) is 8.73. The molecule has 1 fully saturated rings. The number of nitrogens with one attached hydrogen (secondary N) is 1. The van der Waals surface area contributed by atoms with Gasteiger partial charge in [0.2, 0.25) is 0 Å². The van der Waals surface area contributed by atoms with Crippen molar-refractivity contribution in [2.45, 2.75) is 26.0 Å². The first kappa shape index (κ1) is 9.69. The fourth-order valence-corrected chi connectivity index (χ4v) is 1.98. The van der Waals surface area contributed by atoms with Crippen LogP contribution in [0.3, 0.4) is 0 Å². The minimum Gasteiger partial charge on any atom is -0.357 e. The van der Waals surface area contributed by atoms with Crippen LogP contribution in [0.4, 0.5) is 0 Å². The summed E-state index contributed by atoms with van der Waals surface area (Å²) in [6.07, 6.45) is 0.219. The van der Waals surface area contributed by atoms with Gasteiger partial charge in [-0.1, -0.05) is 44.2 Å². The standard InChI is InChI=1S/C12H17NO/c1-9(2)11-12(14-8-13-11)10-6-4-3-5-7-10/h3-7,9,11-13H,8H2,1-2H3. The third-order valence-electron chi connectivity index (χ3n) is 2.75. The van der Waals surface area contributed by atoms with E-state index in [0.717, 1.165) is 0 Å². The highest BCUT2D eigenvalue weighted by Crippen LogP contribution is 2.28. The summed E-state index contributed by atoms with van der Waals surface area (Å²) in [5.41, 5.74) is 1.27. The van der Waals surface area contributed by atoms with Crippen LogP contribution in [0.2, 0.25) is 0 Å². The minimum absolute atomic E-state index is 0.219. The van der Waals surface area contributed by atoms with Crippen molar-refractivity contribution in [3.05, 3.63) is 35.9 Å². The van der Waals surface area contributed by atoms with Gasteiger partial charge in [0.15, 0.2) is 0 Å². The van der Waals surface area contributed by atoms with Gasteiger partial charge in [-0.25, -0.2) is 0 Å². The Kier molecular flexibility index (Phi) is 2.85. The van der Waals surface area contributed by atoms with E-state index in [1.807, 2.05) is 6.07 Å². The predicted molar refractivity (Wildman–Crippen MR) is 56.9 cm³/mol. The Morgan fingerprint density at radius 1 is 1.29 bits per heavy atom. The van der Waals surface area contributed by atoms with E-state index in [1.165, 1.54) is 5.56 Å². The lowest BCUT2D eigenvalue weighted by molar-refractivity contribution is 0.0963. The molecule has 1 aromatic rings. The molecule has 0 saturated carbocycles. The molecule has 14 heavy (non-hydrogen) atoms. The first-order valence-corrected chi connectivity index (χ1v) is 5.19. The molecule has 0 spiro atoms. The molecule has 76 valence electrons. The van der Waals surface area contributed by atoms with Gasteiger partial charge in [-0.15, -0.1) is 0 Å². The average molecular weight is 191 g/mol. The number of hydrogen-bond donors (Lipinski definition) is 1. The molecule has 2 rings (SSSR count). The van der Waals surface area contributed by atoms with Gasteiger partial charge in [-0.05, 0) is 11.5 Å². The highest BCUT2D eigenvalue weighted by atomic mass is 16.5. The maximum Gasteiger partial charge on any atom is 0.0998 e. The van der Waals surface area contributed by atoms with Gasteiger partial charge < -0.3 is 4.74 Å². The van der Waals surface area contributed by atoms with Crippen LogP contribution in [-0.2, 0) is 4.74 Å². The molecule has 0 bridgehead atoms. The molecule has 2 atom stereocenters. The fraction of sp³-hybridized carbons (Fsp3) is 0.500. The third-order valence-corrected chi connectivity index (χ3v) is 2.75. The van der Waals surface area contributed by atoms with E-state index in [0.29, 0.717) is 18.7 Å². The number of ether oxygens (including phenoxy) is 1. The van der Waals surface area contributed by atoms with Crippen LogP contribution in [0.15, 0.2) is 30.3 Å². The zero-order valence-electron chi connectivity index (χ0n) is 8.73. The predicted octanol–water partition coefficient (Wildman–Crippen LogP) is 2.33. The molecule has 2 heteroatoms. The lowest BCUT2D eigenvalue weighted by atomic mass is 9.94. The van der Waals surface area contributed by atoms with Gasteiger partial charge in [0.1, 0.15) is 0 Å². The Morgan fingerprint density at radius 3 is 2.64 bits per heavy atom. The van der Waals surface area contributed by atoms with Crippen molar-refractivity contribution in [2.75, 3.05) is 6.73 Å². The van der Waals surface area contributed by atoms with Gasteiger partial charge in [0.25, 0.3) is 0 Å². The topological polar surface area (TPSA) is 21.3 Å². The van der Waals surface area contributed by atoms with E-state index in [-0.39, 0.29) is 6.10 Å². The molecule has 1 heterocycles. The van der Waals surface area contributed by atoms with Gasteiger partial charge >= 0.3 is 0 Å². The van der Waals surface area contributed by atoms with Crippen molar-refractivity contribution < 1.29 is 4.74 Å². The molecule has 1 saturated heterocycles. The molecular weight excluding hydrogens is 174 g/mol. The molecule has 2 nitrogen and oxygen atoms in total. The Balaban J connectivity index is 2.18. The van der Waals surface area contributed by atoms with Crippen LogP contribution >= 0.6 is 0 Å². The van der Waals surface area contributed by atoms with E-state index in [9.17, 15) is 0 Å². The maximum absolute atomic E-state index is 5.70. The summed E-state index contributed by atoms with van der Waals surface area (Å²) in [5.74, 6) is 0.600. The summed E-state index contributed by atoms with van der Waals surface area (Å²) < 4.78 is 5.70. The minimum atomic E-state index is 0.219. The Hall–Kier alpha value is -0.860. The molecule has 0 radical (unpaired) electrons. The first-order valence-electron chi connectivity index (χ1n) is 5.19. The summed E-state index contributed by atoms with van der Waals surface area (Å²) in [7, 11) is 0. The van der Waals surface area contributed by atoms with Crippen molar-refractivity contribution in [1.29, 1.82) is 0 Å². The van der Waals surface area contributed by atoms with E-state index in [1.54, 1.807) is 0 Å². The van der Waals surface area contributed by atoms with Crippen LogP contribution < -0.4 is 5.32 Å². The second-order valence-corrected chi connectivity index (χ2v) is 4.12. The molecule has 1 aliphatic heterocycles. The summed E-state index contributed by atoms with van der Waals surface area (Å²) >= 11 is 0. The normalized spacial score (nSPS) is 27.1. The summed E-state index contributed by atoms with van der Waals surface area (Å²) in [4.78, 5) is 0. The molecule has 0 amide bonds. The number of hydrogen-bond acceptors (Lipinski definition) is 2. The molecule has 2 unspecified atom stereocenters. The SMILES string of the molecule is CC(C)C1NCOC1c1ccccc1. The van der Waals surface area contributed by atoms with Crippen molar-refractivity contribution >= 4 is 0 Å². The van der Waals surface area contributed by atoms with Gasteiger partial charge in [0, 0.05) is 6.04 Å². The van der Waals surface area contributed by atoms with Crippen LogP contribution in [0.1, 0.15) is 25.5 Å². The number of rotatable bonds is 2. The number of benzene rings is 1. The second kappa shape index (κ2) is 4.11. The second-order valence-electron chi connectivity index (χ2n) is 4.12. The Morgan fingerprint density at radius 2 is 2.00 bits per heavy atom. The van der Waals surface area contributed by atoms with Crippen molar-refractivity contribution in [3.8, 4) is 0 Å². The van der Waals surface area contributed by atoms with E-state index < -0.39 is 0 Å². The maximum atomic E-state index is 5.70. The monoisotopic (exact) mass is 191 g/mol. The summed E-state index contributed by atoms with van der Waals surface area (Å²) in [5, 5.41) is 3.38. The van der Waals surface area contributed by atoms with E-state index in [2.05, 4.69) is 43.4 Å². The van der Waals surface area contributed by atoms with Crippen LogP contribution in [0.5, 0.6) is 0 Å². The van der Waals surface area contributed by atoms with Crippen molar-refractivity contribution in [1.82, 2.24) is 5.32 Å². The first-order chi connectivity index (χ1) is 6.79. The average Bonchev–Trinajstić information content (AvgIpc) is 2.67. The molecular formula is C12H17NO.